The first-order chi connectivity index (χ1) is 9.20. The molecule has 6 heteroatoms. The molecule has 1 heterocycles. The summed E-state index contributed by atoms with van der Waals surface area (Å²) < 4.78 is 4.88. The van der Waals surface area contributed by atoms with E-state index in [2.05, 4.69) is 10.6 Å². The van der Waals surface area contributed by atoms with Gasteiger partial charge in [0.1, 0.15) is 6.61 Å². The highest BCUT2D eigenvalue weighted by molar-refractivity contribution is 5.93. The van der Waals surface area contributed by atoms with Crippen molar-refractivity contribution in [1.29, 1.82) is 0 Å². The molecule has 102 valence electrons. The maximum Gasteiger partial charge on any atom is 0.414 e. The third kappa shape index (κ3) is 3.37. The van der Waals surface area contributed by atoms with Gasteiger partial charge in [-0.05, 0) is 24.6 Å². The van der Waals surface area contributed by atoms with Crippen molar-refractivity contribution in [3.8, 4) is 0 Å². The molecule has 0 bridgehead atoms. The highest BCUT2D eigenvalue weighted by Crippen LogP contribution is 2.22. The standard InChI is InChI=1S/C13H17N3O3/c1-2-6-14-12(17)15-10-4-3-5-11(9-10)16-7-8-19-13(16)18/h3-5,9H,2,6-8H2,1H3,(H2,14,15,17). The van der Waals surface area contributed by atoms with Gasteiger partial charge in [-0.3, -0.25) is 4.90 Å². The monoisotopic (exact) mass is 263 g/mol. The molecule has 1 saturated heterocycles. The molecular formula is C13H17N3O3. The van der Waals surface area contributed by atoms with Crippen molar-refractivity contribution >= 4 is 23.5 Å². The number of nitrogens with zero attached hydrogens (tertiary/aromatic N) is 1. The Balaban J connectivity index is 2.02. The third-order valence-corrected chi connectivity index (χ3v) is 2.71. The Bertz CT molecular complexity index is 476. The molecule has 1 aromatic rings. The van der Waals surface area contributed by atoms with Gasteiger partial charge in [0.25, 0.3) is 0 Å². The van der Waals surface area contributed by atoms with E-state index in [0.29, 0.717) is 25.4 Å². The summed E-state index contributed by atoms with van der Waals surface area (Å²) in [6.07, 6.45) is 0.528. The van der Waals surface area contributed by atoms with E-state index in [1.807, 2.05) is 13.0 Å². The van der Waals surface area contributed by atoms with Crippen LogP contribution in [0, 0.1) is 0 Å². The molecule has 2 rings (SSSR count). The maximum absolute atomic E-state index is 11.5. The smallest absolute Gasteiger partial charge is 0.414 e. The molecule has 0 aliphatic carbocycles. The van der Waals surface area contributed by atoms with E-state index in [0.717, 1.165) is 12.1 Å². The van der Waals surface area contributed by atoms with E-state index >= 15 is 0 Å². The van der Waals surface area contributed by atoms with E-state index < -0.39 is 0 Å². The van der Waals surface area contributed by atoms with Crippen molar-refractivity contribution in [2.24, 2.45) is 0 Å². The molecule has 0 unspecified atom stereocenters. The summed E-state index contributed by atoms with van der Waals surface area (Å²) >= 11 is 0. The van der Waals surface area contributed by atoms with Crippen molar-refractivity contribution in [2.75, 3.05) is 29.9 Å². The molecule has 0 saturated carbocycles. The predicted octanol–water partition coefficient (Wildman–Crippen LogP) is 2.17. The van der Waals surface area contributed by atoms with Crippen LogP contribution >= 0.6 is 0 Å². The second-order valence-electron chi connectivity index (χ2n) is 4.20. The van der Waals surface area contributed by atoms with Crippen molar-refractivity contribution in [2.45, 2.75) is 13.3 Å². The lowest BCUT2D eigenvalue weighted by Gasteiger charge is -2.14. The number of benzene rings is 1. The number of urea groups is 1. The first-order valence-corrected chi connectivity index (χ1v) is 6.30. The largest absolute Gasteiger partial charge is 0.447 e. The van der Waals surface area contributed by atoms with Crippen molar-refractivity contribution in [3.63, 3.8) is 0 Å². The van der Waals surface area contributed by atoms with Crippen LogP contribution in [0.25, 0.3) is 0 Å². The van der Waals surface area contributed by atoms with E-state index in [1.54, 1.807) is 18.2 Å². The van der Waals surface area contributed by atoms with Gasteiger partial charge in [0, 0.05) is 17.9 Å². The Morgan fingerprint density at radius 1 is 1.47 bits per heavy atom. The van der Waals surface area contributed by atoms with Gasteiger partial charge in [0.2, 0.25) is 0 Å². The van der Waals surface area contributed by atoms with Crippen LogP contribution in [0.5, 0.6) is 0 Å². The second-order valence-corrected chi connectivity index (χ2v) is 4.20. The molecule has 19 heavy (non-hydrogen) atoms. The number of hydrogen-bond acceptors (Lipinski definition) is 3. The normalized spacial score (nSPS) is 14.2. The zero-order valence-corrected chi connectivity index (χ0v) is 10.8. The molecular weight excluding hydrogens is 246 g/mol. The van der Waals surface area contributed by atoms with Gasteiger partial charge < -0.3 is 15.4 Å². The average Bonchev–Trinajstić information content (AvgIpc) is 2.83. The van der Waals surface area contributed by atoms with Crippen LogP contribution in [0.15, 0.2) is 24.3 Å². The zero-order chi connectivity index (χ0) is 13.7. The van der Waals surface area contributed by atoms with E-state index in [4.69, 9.17) is 4.74 Å². The van der Waals surface area contributed by atoms with Gasteiger partial charge in [-0.15, -0.1) is 0 Å². The molecule has 0 aromatic heterocycles. The van der Waals surface area contributed by atoms with Gasteiger partial charge in [-0.1, -0.05) is 13.0 Å². The first kappa shape index (κ1) is 13.2. The summed E-state index contributed by atoms with van der Waals surface area (Å²) in [7, 11) is 0. The Labute approximate surface area is 111 Å². The number of cyclic esters (lactones) is 1. The fourth-order valence-corrected chi connectivity index (χ4v) is 1.79. The van der Waals surface area contributed by atoms with Gasteiger partial charge in [-0.25, -0.2) is 9.59 Å². The lowest BCUT2D eigenvalue weighted by molar-refractivity contribution is 0.181. The number of hydrogen-bond donors (Lipinski definition) is 2. The lowest BCUT2D eigenvalue weighted by atomic mass is 10.2. The number of amides is 3. The third-order valence-electron chi connectivity index (χ3n) is 2.71. The van der Waals surface area contributed by atoms with Gasteiger partial charge in [0.15, 0.2) is 0 Å². The molecule has 3 amide bonds. The molecule has 1 aliphatic rings. The van der Waals surface area contributed by atoms with Crippen molar-refractivity contribution in [1.82, 2.24) is 5.32 Å². The fourth-order valence-electron chi connectivity index (χ4n) is 1.79. The van der Waals surface area contributed by atoms with Crippen LogP contribution in [-0.4, -0.2) is 31.8 Å². The molecule has 0 radical (unpaired) electrons. The highest BCUT2D eigenvalue weighted by atomic mass is 16.6. The van der Waals surface area contributed by atoms with Crippen LogP contribution in [0.1, 0.15) is 13.3 Å². The van der Waals surface area contributed by atoms with Crippen LogP contribution < -0.4 is 15.5 Å². The molecule has 0 spiro atoms. The SMILES string of the molecule is CCCNC(=O)Nc1cccc(N2CCOC2=O)c1. The molecule has 1 aliphatic heterocycles. The number of ether oxygens (including phenoxy) is 1. The number of carbonyl (C=O) groups is 2. The summed E-state index contributed by atoms with van der Waals surface area (Å²) in [6.45, 7) is 3.54. The Morgan fingerprint density at radius 2 is 2.32 bits per heavy atom. The minimum atomic E-state index is -0.354. The number of rotatable bonds is 4. The van der Waals surface area contributed by atoms with E-state index in [9.17, 15) is 9.59 Å². The fraction of sp³-hybridized carbons (Fsp3) is 0.385. The summed E-state index contributed by atoms with van der Waals surface area (Å²) in [5.41, 5.74) is 1.36. The zero-order valence-electron chi connectivity index (χ0n) is 10.8. The number of nitrogens with one attached hydrogen (secondary N) is 2. The average molecular weight is 263 g/mol. The quantitative estimate of drug-likeness (QED) is 0.874. The van der Waals surface area contributed by atoms with Crippen LogP contribution in [0.4, 0.5) is 21.0 Å². The number of carbonyl (C=O) groups excluding carboxylic acids is 2. The van der Waals surface area contributed by atoms with Crippen LogP contribution in [-0.2, 0) is 4.74 Å². The first-order valence-electron chi connectivity index (χ1n) is 6.30. The molecule has 6 nitrogen and oxygen atoms in total. The maximum atomic E-state index is 11.5. The molecule has 1 aromatic carbocycles. The Kier molecular flexibility index (Phi) is 4.22. The summed E-state index contributed by atoms with van der Waals surface area (Å²) in [6, 6.07) is 6.87. The van der Waals surface area contributed by atoms with Gasteiger partial charge in [-0.2, -0.15) is 0 Å². The van der Waals surface area contributed by atoms with Gasteiger partial charge >= 0.3 is 12.1 Å². The minimum Gasteiger partial charge on any atom is -0.447 e. The molecule has 2 N–H and O–H groups in total. The van der Waals surface area contributed by atoms with E-state index in [1.165, 1.54) is 4.90 Å². The Morgan fingerprint density at radius 3 is 3.00 bits per heavy atom. The van der Waals surface area contributed by atoms with Crippen molar-refractivity contribution in [3.05, 3.63) is 24.3 Å². The molecule has 1 fully saturated rings. The van der Waals surface area contributed by atoms with Crippen LogP contribution in [0.3, 0.4) is 0 Å². The summed E-state index contributed by atoms with van der Waals surface area (Å²) in [4.78, 5) is 24.5. The Hall–Kier alpha value is -2.24. The highest BCUT2D eigenvalue weighted by Gasteiger charge is 2.23. The summed E-state index contributed by atoms with van der Waals surface area (Å²) in [5.74, 6) is 0. The predicted molar refractivity (Wildman–Crippen MR) is 72.4 cm³/mol. The lowest BCUT2D eigenvalue weighted by Crippen LogP contribution is -2.29. The molecule has 0 atom stereocenters. The summed E-state index contributed by atoms with van der Waals surface area (Å²) in [5, 5.41) is 5.45. The second kappa shape index (κ2) is 6.08. The van der Waals surface area contributed by atoms with Crippen molar-refractivity contribution < 1.29 is 14.3 Å². The van der Waals surface area contributed by atoms with E-state index in [-0.39, 0.29) is 12.1 Å². The van der Waals surface area contributed by atoms with Gasteiger partial charge in [0.05, 0.1) is 6.54 Å². The minimum absolute atomic E-state index is 0.247. The topological polar surface area (TPSA) is 70.7 Å². The number of anilines is 2. The van der Waals surface area contributed by atoms with Crippen LogP contribution in [0.2, 0.25) is 0 Å².